The van der Waals surface area contributed by atoms with E-state index < -0.39 is 17.4 Å². The van der Waals surface area contributed by atoms with E-state index in [1.165, 1.54) is 23.6 Å². The van der Waals surface area contributed by atoms with Crippen molar-refractivity contribution in [2.75, 3.05) is 20.3 Å². The Labute approximate surface area is 253 Å². The van der Waals surface area contributed by atoms with Crippen LogP contribution in [-0.4, -0.2) is 50.9 Å². The molecule has 1 atom stereocenters. The zero-order valence-electron chi connectivity index (χ0n) is 24.1. The standard InChI is InChI=1S/C34H33N3O7/c1-43-29-20-24(11-13-28(29)44-18-15-22-7-3-2-4-8-22)25(32-33(41)36-30-9-5-6-17-37(30)34(32)42)21-31(40)35-16-14-23-10-12-26(38)27(39)19-23/h2-13,17,19-20,25,38-39,41H,14-16,18,21H2,1H3,(H,35,40)/t25-/m1/s1. The first-order valence-electron chi connectivity index (χ1n) is 14.2. The normalized spacial score (nSPS) is 11.7. The van der Waals surface area contributed by atoms with Gasteiger partial charge in [0, 0.05) is 31.5 Å². The Bertz CT molecular complexity index is 1820. The van der Waals surface area contributed by atoms with E-state index in [2.05, 4.69) is 10.3 Å². The number of carbonyl (C=O) groups is 1. The number of rotatable bonds is 12. The van der Waals surface area contributed by atoms with Gasteiger partial charge < -0.3 is 30.1 Å². The van der Waals surface area contributed by atoms with E-state index in [9.17, 15) is 24.9 Å². The fraction of sp³-hybridized carbons (Fsp3) is 0.206. The van der Waals surface area contributed by atoms with Crippen LogP contribution in [0.1, 0.15) is 34.6 Å². The zero-order valence-corrected chi connectivity index (χ0v) is 24.1. The van der Waals surface area contributed by atoms with Crippen molar-refractivity contribution in [3.8, 4) is 28.9 Å². The van der Waals surface area contributed by atoms with Gasteiger partial charge in [-0.25, -0.2) is 0 Å². The first-order chi connectivity index (χ1) is 21.3. The summed E-state index contributed by atoms with van der Waals surface area (Å²) in [6.45, 7) is 0.662. The van der Waals surface area contributed by atoms with Crippen LogP contribution >= 0.6 is 0 Å². The molecule has 0 bridgehead atoms. The molecule has 0 spiro atoms. The van der Waals surface area contributed by atoms with E-state index >= 15 is 0 Å². The lowest BCUT2D eigenvalue weighted by molar-refractivity contribution is -0.121. The molecular weight excluding hydrogens is 562 g/mol. The van der Waals surface area contributed by atoms with E-state index in [1.807, 2.05) is 30.3 Å². The molecule has 5 rings (SSSR count). The summed E-state index contributed by atoms with van der Waals surface area (Å²) in [5.74, 6) is -1.23. The number of nitrogens with zero attached hydrogens (tertiary/aromatic N) is 2. The summed E-state index contributed by atoms with van der Waals surface area (Å²) >= 11 is 0. The van der Waals surface area contributed by atoms with Crippen LogP contribution in [0.4, 0.5) is 0 Å². The Morgan fingerprint density at radius 1 is 0.886 bits per heavy atom. The zero-order chi connectivity index (χ0) is 31.1. The number of phenolic OH excluding ortho intramolecular Hbond substituents is 2. The van der Waals surface area contributed by atoms with Gasteiger partial charge in [-0.3, -0.25) is 14.0 Å². The summed E-state index contributed by atoms with van der Waals surface area (Å²) in [5, 5.41) is 33.1. The lowest BCUT2D eigenvalue weighted by Crippen LogP contribution is -2.30. The van der Waals surface area contributed by atoms with Crippen LogP contribution in [-0.2, 0) is 17.6 Å². The molecule has 2 aromatic heterocycles. The molecule has 0 aliphatic carbocycles. The summed E-state index contributed by atoms with van der Waals surface area (Å²) in [6, 6.07) is 24.6. The molecule has 0 fully saturated rings. The van der Waals surface area contributed by atoms with Gasteiger partial charge in [0.15, 0.2) is 23.0 Å². The Hall–Kier alpha value is -5.51. The molecule has 2 heterocycles. The number of pyridine rings is 1. The third kappa shape index (κ3) is 6.92. The van der Waals surface area contributed by atoms with E-state index in [1.54, 1.807) is 48.7 Å². The van der Waals surface area contributed by atoms with Crippen molar-refractivity contribution < 1.29 is 29.6 Å². The summed E-state index contributed by atoms with van der Waals surface area (Å²) in [4.78, 5) is 31.1. The highest BCUT2D eigenvalue weighted by Gasteiger charge is 2.27. The molecule has 0 radical (unpaired) electrons. The lowest BCUT2D eigenvalue weighted by Gasteiger charge is -2.20. The molecular formula is C34H33N3O7. The number of hydrogen-bond acceptors (Lipinski definition) is 8. The summed E-state index contributed by atoms with van der Waals surface area (Å²) < 4.78 is 13.0. The van der Waals surface area contributed by atoms with E-state index in [0.717, 1.165) is 11.1 Å². The van der Waals surface area contributed by atoms with E-state index in [0.29, 0.717) is 36.5 Å². The molecule has 10 heteroatoms. The maximum atomic E-state index is 13.6. The number of aromatic nitrogens is 2. The molecule has 0 aliphatic heterocycles. The summed E-state index contributed by atoms with van der Waals surface area (Å²) in [7, 11) is 1.51. The van der Waals surface area contributed by atoms with Crippen molar-refractivity contribution in [2.24, 2.45) is 0 Å². The largest absolute Gasteiger partial charge is 0.504 e. The molecule has 5 aromatic rings. The highest BCUT2D eigenvalue weighted by molar-refractivity contribution is 5.78. The topological polar surface area (TPSA) is 143 Å². The van der Waals surface area contributed by atoms with Crippen molar-refractivity contribution in [1.29, 1.82) is 0 Å². The van der Waals surface area contributed by atoms with Gasteiger partial charge in [-0.15, -0.1) is 0 Å². The fourth-order valence-electron chi connectivity index (χ4n) is 5.05. The van der Waals surface area contributed by atoms with Gasteiger partial charge in [0.1, 0.15) is 5.65 Å². The van der Waals surface area contributed by atoms with Crippen LogP contribution in [0.5, 0.6) is 28.9 Å². The van der Waals surface area contributed by atoms with Crippen LogP contribution in [0.15, 0.2) is 95.9 Å². The highest BCUT2D eigenvalue weighted by Crippen LogP contribution is 2.36. The second-order valence-electron chi connectivity index (χ2n) is 10.3. The number of methoxy groups -OCH3 is 1. The molecule has 10 nitrogen and oxygen atoms in total. The molecule has 0 saturated carbocycles. The van der Waals surface area contributed by atoms with Gasteiger partial charge in [0.25, 0.3) is 5.56 Å². The first kappa shape index (κ1) is 30.0. The molecule has 1 amide bonds. The molecule has 4 N–H and O–H groups in total. The van der Waals surface area contributed by atoms with Crippen molar-refractivity contribution in [1.82, 2.24) is 14.7 Å². The van der Waals surface area contributed by atoms with E-state index in [4.69, 9.17) is 9.47 Å². The Morgan fingerprint density at radius 2 is 1.68 bits per heavy atom. The minimum absolute atomic E-state index is 0.0212. The van der Waals surface area contributed by atoms with Gasteiger partial charge in [-0.1, -0.05) is 48.5 Å². The number of aromatic hydroxyl groups is 3. The third-order valence-corrected chi connectivity index (χ3v) is 7.34. The van der Waals surface area contributed by atoms with Crippen LogP contribution in [0.2, 0.25) is 0 Å². The maximum Gasteiger partial charge on any atom is 0.265 e. The average molecular weight is 596 g/mol. The first-order valence-corrected chi connectivity index (χ1v) is 14.2. The maximum absolute atomic E-state index is 13.6. The van der Waals surface area contributed by atoms with Crippen LogP contribution in [0.3, 0.4) is 0 Å². The number of benzene rings is 3. The Kier molecular flexibility index (Phi) is 9.29. The highest BCUT2D eigenvalue weighted by atomic mass is 16.5. The molecule has 0 saturated heterocycles. The number of carbonyl (C=O) groups excluding carboxylic acids is 1. The van der Waals surface area contributed by atoms with Crippen LogP contribution in [0, 0.1) is 0 Å². The minimum atomic E-state index is -0.864. The fourth-order valence-corrected chi connectivity index (χ4v) is 5.05. The van der Waals surface area contributed by atoms with Gasteiger partial charge in [0.2, 0.25) is 11.8 Å². The second-order valence-corrected chi connectivity index (χ2v) is 10.3. The van der Waals surface area contributed by atoms with Crippen molar-refractivity contribution in [3.05, 3.63) is 124 Å². The number of ether oxygens (including phenoxy) is 2. The van der Waals surface area contributed by atoms with Crippen molar-refractivity contribution in [3.63, 3.8) is 0 Å². The Morgan fingerprint density at radius 3 is 2.45 bits per heavy atom. The second kappa shape index (κ2) is 13.6. The molecule has 3 aromatic carbocycles. The monoisotopic (exact) mass is 595 g/mol. The van der Waals surface area contributed by atoms with Crippen LogP contribution < -0.4 is 20.3 Å². The van der Waals surface area contributed by atoms with Gasteiger partial charge in [0.05, 0.1) is 19.3 Å². The molecule has 0 unspecified atom stereocenters. The van der Waals surface area contributed by atoms with Gasteiger partial charge in [-0.2, -0.15) is 4.98 Å². The number of nitrogens with one attached hydrogen (secondary N) is 1. The number of phenols is 2. The third-order valence-electron chi connectivity index (χ3n) is 7.34. The quantitative estimate of drug-likeness (QED) is 0.156. The van der Waals surface area contributed by atoms with E-state index in [-0.39, 0.29) is 41.6 Å². The predicted molar refractivity (Wildman–Crippen MR) is 165 cm³/mol. The van der Waals surface area contributed by atoms with Crippen molar-refractivity contribution >= 4 is 11.6 Å². The number of fused-ring (bicyclic) bond motifs is 1. The molecule has 226 valence electrons. The van der Waals surface area contributed by atoms with Crippen molar-refractivity contribution in [2.45, 2.75) is 25.2 Å². The van der Waals surface area contributed by atoms with Gasteiger partial charge in [-0.05, 0) is 59.5 Å². The number of amides is 1. The smallest absolute Gasteiger partial charge is 0.265 e. The minimum Gasteiger partial charge on any atom is -0.504 e. The Balaban J connectivity index is 1.40. The lowest BCUT2D eigenvalue weighted by atomic mass is 9.88. The molecule has 0 aliphatic rings. The average Bonchev–Trinajstić information content (AvgIpc) is 3.03. The van der Waals surface area contributed by atoms with Gasteiger partial charge >= 0.3 is 0 Å². The van der Waals surface area contributed by atoms with Crippen LogP contribution in [0.25, 0.3) is 5.65 Å². The number of hydrogen-bond donors (Lipinski definition) is 4. The molecule has 44 heavy (non-hydrogen) atoms. The summed E-state index contributed by atoms with van der Waals surface area (Å²) in [6.07, 6.45) is 2.49. The summed E-state index contributed by atoms with van der Waals surface area (Å²) in [5.41, 5.74) is 2.18. The predicted octanol–water partition coefficient (Wildman–Crippen LogP) is 4.32. The SMILES string of the molecule is COc1cc([C@@H](CC(=O)NCCc2ccc(O)c(O)c2)c2c(O)nc3ccccn3c2=O)ccc1OCCc1ccccc1.